The van der Waals surface area contributed by atoms with Gasteiger partial charge in [0.25, 0.3) is 0 Å². The molecule has 132 valence electrons. The van der Waals surface area contributed by atoms with E-state index in [9.17, 15) is 9.90 Å². The van der Waals surface area contributed by atoms with Gasteiger partial charge in [0.15, 0.2) is 5.79 Å². The second kappa shape index (κ2) is 7.20. The van der Waals surface area contributed by atoms with Gasteiger partial charge in [-0.2, -0.15) is 0 Å². The molecule has 1 N–H and O–H groups in total. The Balaban J connectivity index is 1.55. The summed E-state index contributed by atoms with van der Waals surface area (Å²) in [4.78, 5) is 12.7. The molecule has 4 heteroatoms. The molecular weight excluding hydrogens is 292 g/mol. The first kappa shape index (κ1) is 17.4. The van der Waals surface area contributed by atoms with Crippen molar-refractivity contribution < 1.29 is 19.4 Å². The molecule has 23 heavy (non-hydrogen) atoms. The predicted molar refractivity (Wildman–Crippen MR) is 87.9 cm³/mol. The Morgan fingerprint density at radius 3 is 2.70 bits per heavy atom. The number of aliphatic hydroxyl groups is 1. The maximum Gasteiger partial charge on any atom is 0.169 e. The first-order valence-corrected chi connectivity index (χ1v) is 9.53. The number of carbonyl (C=O) groups is 1. The lowest BCUT2D eigenvalue weighted by Crippen LogP contribution is -2.33. The molecule has 0 aromatic rings. The van der Waals surface area contributed by atoms with Crippen molar-refractivity contribution in [2.24, 2.45) is 23.7 Å². The highest BCUT2D eigenvalue weighted by molar-refractivity contribution is 5.82. The standard InChI is InChI=1S/C19H32O4/c1-3-4-5-13(2)6-7-16(20)18-15-12-19(22-8-9-23-19)11-14(15)10-17(18)21/h13-15,17-18,21H,3-12H2,1-2H3/t13?,14-,15+,17-,18+/m1/s1. The largest absolute Gasteiger partial charge is 0.392 e. The first-order valence-electron chi connectivity index (χ1n) is 9.53. The lowest BCUT2D eigenvalue weighted by molar-refractivity contribution is -0.159. The minimum Gasteiger partial charge on any atom is -0.392 e. The van der Waals surface area contributed by atoms with E-state index in [0.717, 1.165) is 25.7 Å². The molecule has 4 nitrogen and oxygen atoms in total. The van der Waals surface area contributed by atoms with Crippen molar-refractivity contribution in [2.45, 2.75) is 77.1 Å². The van der Waals surface area contributed by atoms with Gasteiger partial charge in [-0.05, 0) is 30.6 Å². The molecule has 0 bridgehead atoms. The summed E-state index contributed by atoms with van der Waals surface area (Å²) in [6.45, 7) is 5.77. The Bertz CT molecular complexity index is 416. The number of hydrogen-bond acceptors (Lipinski definition) is 4. The summed E-state index contributed by atoms with van der Waals surface area (Å²) in [5.74, 6) is 0.873. The quantitative estimate of drug-likeness (QED) is 0.780. The lowest BCUT2D eigenvalue weighted by Gasteiger charge is -2.26. The van der Waals surface area contributed by atoms with Gasteiger partial charge in [0.05, 0.1) is 19.3 Å². The highest BCUT2D eigenvalue weighted by atomic mass is 16.7. The first-order chi connectivity index (χ1) is 11.0. The minimum atomic E-state index is -0.456. The van der Waals surface area contributed by atoms with Gasteiger partial charge in [0, 0.05) is 25.2 Å². The lowest BCUT2D eigenvalue weighted by atomic mass is 9.84. The minimum absolute atomic E-state index is 0.189. The fourth-order valence-corrected chi connectivity index (χ4v) is 5.02. The maximum atomic E-state index is 12.7. The number of carbonyl (C=O) groups excluding carboxylic acids is 1. The fraction of sp³-hybridized carbons (Fsp3) is 0.947. The maximum absolute atomic E-state index is 12.7. The highest BCUT2D eigenvalue weighted by Gasteiger charge is 2.57. The summed E-state index contributed by atoms with van der Waals surface area (Å²) in [6, 6.07) is 0. The summed E-state index contributed by atoms with van der Waals surface area (Å²) in [7, 11) is 0. The zero-order valence-electron chi connectivity index (χ0n) is 14.6. The molecule has 0 amide bonds. The van der Waals surface area contributed by atoms with E-state index in [0.29, 0.717) is 31.5 Å². The molecule has 3 aliphatic rings. The van der Waals surface area contributed by atoms with Crippen LogP contribution in [0.25, 0.3) is 0 Å². The summed E-state index contributed by atoms with van der Waals surface area (Å²) < 4.78 is 11.7. The normalized spacial score (nSPS) is 36.5. The monoisotopic (exact) mass is 324 g/mol. The molecule has 1 heterocycles. The van der Waals surface area contributed by atoms with Crippen molar-refractivity contribution in [1.82, 2.24) is 0 Å². The molecule has 2 aliphatic carbocycles. The van der Waals surface area contributed by atoms with Crippen LogP contribution in [0.15, 0.2) is 0 Å². The average Bonchev–Trinajstić information content (AvgIpc) is 3.18. The number of ether oxygens (including phenoxy) is 2. The zero-order chi connectivity index (χ0) is 16.4. The molecule has 2 saturated carbocycles. The third-order valence-electron chi connectivity index (χ3n) is 6.26. The van der Waals surface area contributed by atoms with Gasteiger partial charge in [0.2, 0.25) is 0 Å². The van der Waals surface area contributed by atoms with Crippen molar-refractivity contribution >= 4 is 5.78 Å². The molecule has 1 unspecified atom stereocenters. The fourth-order valence-electron chi connectivity index (χ4n) is 5.02. The number of hydrogen-bond donors (Lipinski definition) is 1. The summed E-state index contributed by atoms with van der Waals surface area (Å²) in [5, 5.41) is 10.4. The van der Waals surface area contributed by atoms with Crippen LogP contribution in [-0.4, -0.2) is 36.0 Å². The van der Waals surface area contributed by atoms with E-state index >= 15 is 0 Å². The second-order valence-electron chi connectivity index (χ2n) is 8.02. The Morgan fingerprint density at radius 1 is 1.26 bits per heavy atom. The molecule has 0 radical (unpaired) electrons. The van der Waals surface area contributed by atoms with Crippen LogP contribution >= 0.6 is 0 Å². The summed E-state index contributed by atoms with van der Waals surface area (Å²) >= 11 is 0. The molecule has 3 fully saturated rings. The van der Waals surface area contributed by atoms with Crippen LogP contribution in [0.2, 0.25) is 0 Å². The second-order valence-corrected chi connectivity index (χ2v) is 8.02. The Labute approximate surface area is 139 Å². The van der Waals surface area contributed by atoms with Crippen LogP contribution in [-0.2, 0) is 14.3 Å². The Morgan fingerprint density at radius 2 is 2.00 bits per heavy atom. The molecule has 1 spiro atoms. The number of ketones is 1. The van der Waals surface area contributed by atoms with Gasteiger partial charge >= 0.3 is 0 Å². The van der Waals surface area contributed by atoms with Gasteiger partial charge in [-0.1, -0.05) is 33.1 Å². The molecule has 3 rings (SSSR count). The smallest absolute Gasteiger partial charge is 0.169 e. The van der Waals surface area contributed by atoms with Crippen LogP contribution in [0.5, 0.6) is 0 Å². The topological polar surface area (TPSA) is 55.8 Å². The van der Waals surface area contributed by atoms with E-state index in [2.05, 4.69) is 13.8 Å². The van der Waals surface area contributed by atoms with E-state index in [4.69, 9.17) is 9.47 Å². The van der Waals surface area contributed by atoms with Crippen molar-refractivity contribution in [3.8, 4) is 0 Å². The number of rotatable bonds is 7. The van der Waals surface area contributed by atoms with E-state index in [1.807, 2.05) is 0 Å². The van der Waals surface area contributed by atoms with Gasteiger partial charge in [-0.3, -0.25) is 4.79 Å². The molecule has 5 atom stereocenters. The van der Waals surface area contributed by atoms with Gasteiger partial charge in [0.1, 0.15) is 5.78 Å². The van der Waals surface area contributed by atoms with Crippen molar-refractivity contribution in [3.05, 3.63) is 0 Å². The van der Waals surface area contributed by atoms with Gasteiger partial charge in [-0.15, -0.1) is 0 Å². The molecule has 1 saturated heterocycles. The molecule has 1 aliphatic heterocycles. The SMILES string of the molecule is CCCCC(C)CCC(=O)[C@@H]1[C@H]2CC3(C[C@H]2C[C@H]1O)OCCO3. The number of unbranched alkanes of at least 4 members (excludes halogenated alkanes) is 1. The number of Topliss-reactive ketones (excluding diaryl/α,β-unsaturated/α-hetero) is 1. The Kier molecular flexibility index (Phi) is 5.44. The summed E-state index contributed by atoms with van der Waals surface area (Å²) in [6.07, 6.45) is 7.15. The van der Waals surface area contributed by atoms with Crippen LogP contribution < -0.4 is 0 Å². The zero-order valence-corrected chi connectivity index (χ0v) is 14.6. The highest BCUT2D eigenvalue weighted by Crippen LogP contribution is 2.54. The third kappa shape index (κ3) is 3.64. The van der Waals surface area contributed by atoms with Crippen LogP contribution in [0.3, 0.4) is 0 Å². The van der Waals surface area contributed by atoms with E-state index in [1.54, 1.807) is 0 Å². The van der Waals surface area contributed by atoms with Crippen molar-refractivity contribution in [2.75, 3.05) is 13.2 Å². The predicted octanol–water partition coefficient (Wildman–Crippen LogP) is 3.31. The van der Waals surface area contributed by atoms with Crippen LogP contribution in [0.4, 0.5) is 0 Å². The third-order valence-corrected chi connectivity index (χ3v) is 6.26. The average molecular weight is 324 g/mol. The number of aliphatic hydroxyl groups excluding tert-OH is 1. The molecular formula is C19H32O4. The van der Waals surface area contributed by atoms with Crippen molar-refractivity contribution in [1.29, 1.82) is 0 Å². The molecule has 0 aromatic heterocycles. The summed E-state index contributed by atoms with van der Waals surface area (Å²) in [5.41, 5.74) is 0. The molecule has 0 aromatic carbocycles. The number of fused-ring (bicyclic) bond motifs is 1. The van der Waals surface area contributed by atoms with Gasteiger partial charge in [-0.25, -0.2) is 0 Å². The Hall–Kier alpha value is -0.450. The van der Waals surface area contributed by atoms with Crippen LogP contribution in [0, 0.1) is 23.7 Å². The van der Waals surface area contributed by atoms with E-state index in [-0.39, 0.29) is 17.6 Å². The van der Waals surface area contributed by atoms with E-state index in [1.165, 1.54) is 19.3 Å². The van der Waals surface area contributed by atoms with Gasteiger partial charge < -0.3 is 14.6 Å². The van der Waals surface area contributed by atoms with E-state index < -0.39 is 11.9 Å². The van der Waals surface area contributed by atoms with Crippen LogP contribution in [0.1, 0.15) is 65.2 Å². The van der Waals surface area contributed by atoms with Crippen molar-refractivity contribution in [3.63, 3.8) is 0 Å².